The van der Waals surface area contributed by atoms with Crippen molar-refractivity contribution in [3.63, 3.8) is 0 Å². The van der Waals surface area contributed by atoms with Gasteiger partial charge in [-0.2, -0.15) is 8.42 Å². The maximum atomic E-state index is 12.4. The lowest BCUT2D eigenvalue weighted by Crippen LogP contribution is -2.11. The van der Waals surface area contributed by atoms with E-state index in [1.807, 2.05) is 12.3 Å². The Labute approximate surface area is 153 Å². The fraction of sp³-hybridized carbons (Fsp3) is 0.0625. The van der Waals surface area contributed by atoms with Crippen molar-refractivity contribution in [1.82, 2.24) is 4.98 Å². The summed E-state index contributed by atoms with van der Waals surface area (Å²) in [6.45, 7) is 1.91. The van der Waals surface area contributed by atoms with Crippen LogP contribution in [0, 0.1) is 6.92 Å². The van der Waals surface area contributed by atoms with Crippen molar-refractivity contribution in [3.05, 3.63) is 63.6 Å². The lowest BCUT2D eigenvalue weighted by atomic mass is 10.2. The van der Waals surface area contributed by atoms with E-state index in [0.717, 1.165) is 16.3 Å². The molecular weight excluding hydrogens is 389 g/mol. The number of benzene rings is 2. The molecule has 4 nitrogen and oxygen atoms in total. The third-order valence-electron chi connectivity index (χ3n) is 3.10. The van der Waals surface area contributed by atoms with Crippen molar-refractivity contribution in [2.75, 3.05) is 0 Å². The Morgan fingerprint density at radius 1 is 1.04 bits per heavy atom. The standard InChI is InChI=1S/C16H11Cl2NO3S2/c1-10-9-23-16(19-10)11-5-7-12(8-6-11)22-24(20,21)15-13(17)3-2-4-14(15)18/h2-9H,1H3. The zero-order chi connectivity index (χ0) is 17.3. The number of aromatic nitrogens is 1. The highest BCUT2D eigenvalue weighted by molar-refractivity contribution is 7.87. The molecule has 1 aromatic heterocycles. The SMILES string of the molecule is Cc1csc(-c2ccc(OS(=O)(=O)c3c(Cl)cccc3Cl)cc2)n1. The Morgan fingerprint density at radius 2 is 1.67 bits per heavy atom. The number of nitrogens with zero attached hydrogens (tertiary/aromatic N) is 1. The number of aryl methyl sites for hydroxylation is 1. The second-order valence-electron chi connectivity index (χ2n) is 4.91. The normalized spacial score (nSPS) is 11.5. The zero-order valence-electron chi connectivity index (χ0n) is 12.4. The summed E-state index contributed by atoms with van der Waals surface area (Å²) in [5, 5.41) is 2.83. The lowest BCUT2D eigenvalue weighted by Gasteiger charge is -2.10. The van der Waals surface area contributed by atoms with Gasteiger partial charge in [-0.05, 0) is 43.3 Å². The van der Waals surface area contributed by atoms with Crippen molar-refractivity contribution >= 4 is 44.7 Å². The molecule has 0 bridgehead atoms. The van der Waals surface area contributed by atoms with Gasteiger partial charge in [0.2, 0.25) is 0 Å². The van der Waals surface area contributed by atoms with Gasteiger partial charge in [0, 0.05) is 16.6 Å². The molecule has 24 heavy (non-hydrogen) atoms. The van der Waals surface area contributed by atoms with Crippen LogP contribution in [0.5, 0.6) is 5.75 Å². The van der Waals surface area contributed by atoms with E-state index < -0.39 is 10.1 Å². The molecule has 0 fully saturated rings. The zero-order valence-corrected chi connectivity index (χ0v) is 15.5. The third kappa shape index (κ3) is 3.57. The highest BCUT2D eigenvalue weighted by Crippen LogP contribution is 2.32. The highest BCUT2D eigenvalue weighted by atomic mass is 35.5. The molecule has 0 unspecified atom stereocenters. The molecule has 3 rings (SSSR count). The first-order valence-electron chi connectivity index (χ1n) is 6.78. The van der Waals surface area contributed by atoms with Gasteiger partial charge in [-0.25, -0.2) is 4.98 Å². The molecule has 3 aromatic rings. The van der Waals surface area contributed by atoms with Gasteiger partial charge in [-0.1, -0.05) is 29.3 Å². The van der Waals surface area contributed by atoms with Gasteiger partial charge in [0.1, 0.15) is 15.7 Å². The van der Waals surface area contributed by atoms with Crippen LogP contribution in [0.1, 0.15) is 5.69 Å². The predicted molar refractivity (Wildman–Crippen MR) is 96.6 cm³/mol. The predicted octanol–water partition coefficient (Wildman–Crippen LogP) is 5.19. The van der Waals surface area contributed by atoms with Gasteiger partial charge in [-0.15, -0.1) is 11.3 Å². The van der Waals surface area contributed by atoms with Crippen LogP contribution in [0.2, 0.25) is 10.0 Å². The molecule has 124 valence electrons. The Bertz CT molecular complexity index is 963. The highest BCUT2D eigenvalue weighted by Gasteiger charge is 2.23. The van der Waals surface area contributed by atoms with Crippen LogP contribution >= 0.6 is 34.5 Å². The number of hydrogen-bond donors (Lipinski definition) is 0. The number of rotatable bonds is 4. The van der Waals surface area contributed by atoms with Crippen LogP contribution in [0.25, 0.3) is 10.6 Å². The van der Waals surface area contributed by atoms with E-state index in [-0.39, 0.29) is 20.7 Å². The van der Waals surface area contributed by atoms with E-state index in [1.165, 1.54) is 23.5 Å². The van der Waals surface area contributed by atoms with Gasteiger partial charge in [0.05, 0.1) is 10.0 Å². The Kier molecular flexibility index (Phi) is 4.83. The fourth-order valence-electron chi connectivity index (χ4n) is 2.03. The quantitative estimate of drug-likeness (QED) is 0.566. The summed E-state index contributed by atoms with van der Waals surface area (Å²) in [5.41, 5.74) is 1.82. The summed E-state index contributed by atoms with van der Waals surface area (Å²) in [6, 6.07) is 11.1. The molecule has 8 heteroatoms. The van der Waals surface area contributed by atoms with E-state index in [2.05, 4.69) is 4.98 Å². The van der Waals surface area contributed by atoms with Crippen LogP contribution in [-0.2, 0) is 10.1 Å². The van der Waals surface area contributed by atoms with Crippen LogP contribution < -0.4 is 4.18 Å². The molecule has 0 saturated heterocycles. The average Bonchev–Trinajstić information content (AvgIpc) is 2.93. The molecule has 0 spiro atoms. The Hall–Kier alpha value is -1.60. The van der Waals surface area contributed by atoms with Gasteiger partial charge in [-0.3, -0.25) is 0 Å². The first-order valence-corrected chi connectivity index (χ1v) is 9.82. The van der Waals surface area contributed by atoms with Crippen molar-refractivity contribution in [1.29, 1.82) is 0 Å². The largest absolute Gasteiger partial charge is 0.379 e. The average molecular weight is 400 g/mol. The van der Waals surface area contributed by atoms with Gasteiger partial charge in [0.25, 0.3) is 0 Å². The second-order valence-corrected chi connectivity index (χ2v) is 8.06. The lowest BCUT2D eigenvalue weighted by molar-refractivity contribution is 0.486. The second kappa shape index (κ2) is 6.72. The minimum Gasteiger partial charge on any atom is -0.379 e. The molecule has 1 heterocycles. The molecule has 2 aromatic carbocycles. The summed E-state index contributed by atoms with van der Waals surface area (Å²) >= 11 is 13.4. The van der Waals surface area contributed by atoms with Crippen LogP contribution in [0.3, 0.4) is 0 Å². The first kappa shape index (κ1) is 17.2. The molecule has 0 aliphatic rings. The van der Waals surface area contributed by atoms with Crippen molar-refractivity contribution in [2.24, 2.45) is 0 Å². The number of thiazole rings is 1. The maximum Gasteiger partial charge on any atom is 0.342 e. The van der Waals surface area contributed by atoms with Crippen molar-refractivity contribution in [2.45, 2.75) is 11.8 Å². The molecule has 0 radical (unpaired) electrons. The molecule has 0 N–H and O–H groups in total. The molecule has 0 aliphatic carbocycles. The van der Waals surface area contributed by atoms with E-state index in [4.69, 9.17) is 27.4 Å². The van der Waals surface area contributed by atoms with E-state index in [0.29, 0.717) is 0 Å². The van der Waals surface area contributed by atoms with E-state index in [1.54, 1.807) is 30.3 Å². The summed E-state index contributed by atoms with van der Waals surface area (Å²) < 4.78 is 29.9. The Balaban J connectivity index is 1.88. The molecule has 0 saturated carbocycles. The molecule has 0 amide bonds. The maximum absolute atomic E-state index is 12.4. The van der Waals surface area contributed by atoms with Crippen molar-refractivity contribution < 1.29 is 12.6 Å². The monoisotopic (exact) mass is 399 g/mol. The minimum atomic E-state index is -4.12. The topological polar surface area (TPSA) is 56.3 Å². The first-order chi connectivity index (χ1) is 11.4. The summed E-state index contributed by atoms with van der Waals surface area (Å²) in [5.74, 6) is 0.169. The van der Waals surface area contributed by atoms with Gasteiger partial charge >= 0.3 is 10.1 Å². The van der Waals surface area contributed by atoms with Crippen LogP contribution in [0.4, 0.5) is 0 Å². The summed E-state index contributed by atoms with van der Waals surface area (Å²) in [4.78, 5) is 4.14. The Morgan fingerprint density at radius 3 is 2.21 bits per heavy atom. The summed E-state index contributed by atoms with van der Waals surface area (Å²) in [7, 11) is -4.12. The van der Waals surface area contributed by atoms with E-state index in [9.17, 15) is 8.42 Å². The van der Waals surface area contributed by atoms with Gasteiger partial charge < -0.3 is 4.18 Å². The van der Waals surface area contributed by atoms with Crippen LogP contribution in [-0.4, -0.2) is 13.4 Å². The minimum absolute atomic E-state index is 0.0115. The molecule has 0 atom stereocenters. The number of halogens is 2. The fourth-order valence-corrected chi connectivity index (χ4v) is 4.86. The third-order valence-corrected chi connectivity index (χ3v) is 6.31. The van der Waals surface area contributed by atoms with Gasteiger partial charge in [0.15, 0.2) is 0 Å². The summed E-state index contributed by atoms with van der Waals surface area (Å²) in [6.07, 6.45) is 0. The number of hydrogen-bond acceptors (Lipinski definition) is 5. The van der Waals surface area contributed by atoms with E-state index >= 15 is 0 Å². The molecule has 0 aliphatic heterocycles. The van der Waals surface area contributed by atoms with Crippen molar-refractivity contribution in [3.8, 4) is 16.3 Å². The molecular formula is C16H11Cl2NO3S2. The van der Waals surface area contributed by atoms with Crippen LogP contribution in [0.15, 0.2) is 52.7 Å². The smallest absolute Gasteiger partial charge is 0.342 e.